The molecule has 0 aromatic heterocycles. The number of carbonyl (C=O) groups excluding carboxylic acids is 2. The predicted molar refractivity (Wildman–Crippen MR) is 85.4 cm³/mol. The molecule has 0 fully saturated rings. The van der Waals surface area contributed by atoms with Crippen LogP contribution in [-0.4, -0.2) is 30.2 Å². The summed E-state index contributed by atoms with van der Waals surface area (Å²) in [4.78, 5) is 24.1. The Kier molecular flexibility index (Phi) is 6.85. The summed E-state index contributed by atoms with van der Waals surface area (Å²) in [6, 6.07) is 9.23. The van der Waals surface area contributed by atoms with Crippen molar-refractivity contribution in [3.8, 4) is 0 Å². The maximum atomic E-state index is 12.3. The highest BCUT2D eigenvalue weighted by molar-refractivity contribution is 5.96. The Labute approximate surface area is 131 Å². The summed E-state index contributed by atoms with van der Waals surface area (Å²) in [5.41, 5.74) is 5.41. The van der Waals surface area contributed by atoms with Crippen LogP contribution in [0.25, 0.3) is 0 Å². The molecule has 4 N–H and O–H groups in total. The number of nitrogens with one attached hydrogen (secondary N) is 2. The van der Waals surface area contributed by atoms with Gasteiger partial charge in [-0.25, -0.2) is 4.79 Å². The summed E-state index contributed by atoms with van der Waals surface area (Å²) in [5, 5.41) is 5.30. The molecule has 1 aromatic rings. The predicted octanol–water partition coefficient (Wildman–Crippen LogP) is 2.06. The number of amides is 2. The Hall–Kier alpha value is -2.08. The molecule has 1 atom stereocenters. The van der Waals surface area contributed by atoms with E-state index in [-0.39, 0.29) is 5.91 Å². The summed E-state index contributed by atoms with van der Waals surface area (Å²) >= 11 is 0. The molecule has 6 heteroatoms. The third-order valence-electron chi connectivity index (χ3n) is 2.67. The maximum absolute atomic E-state index is 12.3. The molecule has 0 bridgehead atoms. The van der Waals surface area contributed by atoms with E-state index >= 15 is 0 Å². The first kappa shape index (κ1) is 18.0. The molecule has 0 aliphatic heterocycles. The molecule has 0 heterocycles. The van der Waals surface area contributed by atoms with Crippen molar-refractivity contribution in [3.05, 3.63) is 30.3 Å². The van der Waals surface area contributed by atoms with E-state index < -0.39 is 17.7 Å². The number of hydrogen-bond donors (Lipinski definition) is 3. The van der Waals surface area contributed by atoms with Crippen LogP contribution in [0.4, 0.5) is 10.5 Å². The Balaban J connectivity index is 2.66. The van der Waals surface area contributed by atoms with Gasteiger partial charge in [-0.2, -0.15) is 0 Å². The summed E-state index contributed by atoms with van der Waals surface area (Å²) < 4.78 is 5.18. The molecular formula is C16H24N3O3. The maximum Gasteiger partial charge on any atom is 0.408 e. The quantitative estimate of drug-likeness (QED) is 0.750. The summed E-state index contributed by atoms with van der Waals surface area (Å²) in [5.74, 6) is -0.318. The molecule has 0 saturated carbocycles. The zero-order chi connectivity index (χ0) is 16.6. The van der Waals surface area contributed by atoms with Crippen LogP contribution < -0.4 is 16.4 Å². The molecule has 1 rings (SSSR count). The van der Waals surface area contributed by atoms with Gasteiger partial charge >= 0.3 is 6.09 Å². The lowest BCUT2D eigenvalue weighted by Gasteiger charge is -2.23. The van der Waals surface area contributed by atoms with Gasteiger partial charge in [-0.1, -0.05) is 18.2 Å². The monoisotopic (exact) mass is 306 g/mol. The minimum Gasteiger partial charge on any atom is -0.444 e. The lowest BCUT2D eigenvalue weighted by Crippen LogP contribution is -2.46. The highest BCUT2D eigenvalue weighted by Crippen LogP contribution is 2.09. The van der Waals surface area contributed by atoms with Gasteiger partial charge in [0.1, 0.15) is 11.6 Å². The van der Waals surface area contributed by atoms with Gasteiger partial charge in [0.15, 0.2) is 0 Å². The van der Waals surface area contributed by atoms with Gasteiger partial charge in [0.25, 0.3) is 0 Å². The number of anilines is 1. The topological polar surface area (TPSA) is 93.4 Å². The molecule has 1 aromatic carbocycles. The smallest absolute Gasteiger partial charge is 0.408 e. The SMILES string of the molecule is CC(C)(C)OC(=O)N[C@@H](CCCN)C(=O)Nc1[c]cccc1. The molecule has 1 radical (unpaired) electrons. The van der Waals surface area contributed by atoms with Crippen LogP contribution in [0.2, 0.25) is 0 Å². The van der Waals surface area contributed by atoms with Gasteiger partial charge < -0.3 is 21.1 Å². The Morgan fingerprint density at radius 1 is 1.36 bits per heavy atom. The fourth-order valence-electron chi connectivity index (χ4n) is 1.73. The van der Waals surface area contributed by atoms with E-state index in [0.717, 1.165) is 0 Å². The number of alkyl carbamates (subject to hydrolysis) is 1. The third-order valence-corrected chi connectivity index (χ3v) is 2.67. The van der Waals surface area contributed by atoms with Crippen molar-refractivity contribution in [1.29, 1.82) is 0 Å². The van der Waals surface area contributed by atoms with Crippen molar-refractivity contribution in [2.45, 2.75) is 45.3 Å². The molecule has 6 nitrogen and oxygen atoms in total. The summed E-state index contributed by atoms with van der Waals surface area (Å²) in [6.45, 7) is 5.73. The zero-order valence-electron chi connectivity index (χ0n) is 13.3. The van der Waals surface area contributed by atoms with E-state index in [1.165, 1.54) is 0 Å². The van der Waals surface area contributed by atoms with Crippen molar-refractivity contribution in [1.82, 2.24) is 5.32 Å². The van der Waals surface area contributed by atoms with Crippen LogP contribution in [0, 0.1) is 6.07 Å². The minimum atomic E-state index is -0.702. The van der Waals surface area contributed by atoms with Crippen molar-refractivity contribution >= 4 is 17.7 Å². The van der Waals surface area contributed by atoms with E-state index in [1.54, 1.807) is 45.0 Å². The minimum absolute atomic E-state index is 0.318. The lowest BCUT2D eigenvalue weighted by atomic mass is 10.1. The van der Waals surface area contributed by atoms with E-state index in [9.17, 15) is 9.59 Å². The fourth-order valence-corrected chi connectivity index (χ4v) is 1.73. The van der Waals surface area contributed by atoms with Gasteiger partial charge in [0.2, 0.25) is 5.91 Å². The molecular weight excluding hydrogens is 282 g/mol. The van der Waals surface area contributed by atoms with Crippen LogP contribution in [-0.2, 0) is 9.53 Å². The van der Waals surface area contributed by atoms with Crippen molar-refractivity contribution in [2.24, 2.45) is 5.73 Å². The first-order chi connectivity index (χ1) is 10.3. The molecule has 0 unspecified atom stereocenters. The lowest BCUT2D eigenvalue weighted by molar-refractivity contribution is -0.118. The largest absolute Gasteiger partial charge is 0.444 e. The van der Waals surface area contributed by atoms with Crippen LogP contribution in [0.5, 0.6) is 0 Å². The number of hydrogen-bond acceptors (Lipinski definition) is 4. The first-order valence-corrected chi connectivity index (χ1v) is 7.29. The molecule has 0 aliphatic rings. The number of ether oxygens (including phenoxy) is 1. The second-order valence-corrected chi connectivity index (χ2v) is 5.90. The normalized spacial score (nSPS) is 12.4. The van der Waals surface area contributed by atoms with Gasteiger partial charge in [-0.15, -0.1) is 0 Å². The standard InChI is InChI=1S/C16H24N3O3/c1-16(2,3)22-15(21)19-13(10-7-11-17)14(20)18-12-8-5-4-6-9-12/h4-6,8,13H,7,10-11,17H2,1-3H3,(H,18,20)(H,19,21)/t13-/m0/s1. The number of para-hydroxylation sites is 1. The second-order valence-electron chi connectivity index (χ2n) is 5.90. The molecule has 0 saturated heterocycles. The van der Waals surface area contributed by atoms with Crippen LogP contribution in [0.15, 0.2) is 24.3 Å². The van der Waals surface area contributed by atoms with Crippen LogP contribution in [0.3, 0.4) is 0 Å². The molecule has 0 aliphatic carbocycles. The number of nitrogens with two attached hydrogens (primary N) is 1. The van der Waals surface area contributed by atoms with Crippen LogP contribution in [0.1, 0.15) is 33.6 Å². The number of rotatable bonds is 6. The third kappa shape index (κ3) is 7.08. The molecule has 22 heavy (non-hydrogen) atoms. The van der Waals surface area contributed by atoms with E-state index in [4.69, 9.17) is 10.5 Å². The van der Waals surface area contributed by atoms with E-state index in [0.29, 0.717) is 25.1 Å². The van der Waals surface area contributed by atoms with Gasteiger partial charge in [-0.05, 0) is 46.2 Å². The number of benzene rings is 1. The van der Waals surface area contributed by atoms with Crippen molar-refractivity contribution < 1.29 is 14.3 Å². The van der Waals surface area contributed by atoms with Gasteiger partial charge in [0.05, 0.1) is 0 Å². The van der Waals surface area contributed by atoms with Crippen LogP contribution >= 0.6 is 0 Å². The van der Waals surface area contributed by atoms with E-state index in [1.807, 2.05) is 0 Å². The average Bonchev–Trinajstić information content (AvgIpc) is 2.42. The number of carbonyl (C=O) groups is 2. The zero-order valence-corrected chi connectivity index (χ0v) is 13.3. The molecule has 0 spiro atoms. The molecule has 2 amide bonds. The van der Waals surface area contributed by atoms with Gasteiger partial charge in [0, 0.05) is 11.8 Å². The Morgan fingerprint density at radius 3 is 2.64 bits per heavy atom. The average molecular weight is 306 g/mol. The Bertz CT molecular complexity index is 483. The highest BCUT2D eigenvalue weighted by Gasteiger charge is 2.24. The highest BCUT2D eigenvalue weighted by atomic mass is 16.6. The summed E-state index contributed by atoms with van der Waals surface area (Å²) in [7, 11) is 0. The van der Waals surface area contributed by atoms with Crippen molar-refractivity contribution in [3.63, 3.8) is 0 Å². The second kappa shape index (κ2) is 8.38. The Morgan fingerprint density at radius 2 is 2.09 bits per heavy atom. The molecule has 121 valence electrons. The first-order valence-electron chi connectivity index (χ1n) is 7.29. The van der Waals surface area contributed by atoms with E-state index in [2.05, 4.69) is 16.7 Å². The van der Waals surface area contributed by atoms with Gasteiger partial charge in [-0.3, -0.25) is 4.79 Å². The summed E-state index contributed by atoms with van der Waals surface area (Å²) in [6.07, 6.45) is 0.433. The van der Waals surface area contributed by atoms with Crippen molar-refractivity contribution in [2.75, 3.05) is 11.9 Å². The fraction of sp³-hybridized carbons (Fsp3) is 0.500.